The smallest absolute Gasteiger partial charge is 0.302 e. The molecule has 2 heterocycles. The molecule has 0 unspecified atom stereocenters. The molecule has 2 fully saturated rings. The normalized spacial score (nSPS) is 33.2. The van der Waals surface area contributed by atoms with E-state index in [1.54, 1.807) is 0 Å². The van der Waals surface area contributed by atoms with Crippen LogP contribution in [0.1, 0.15) is 38.5 Å². The Kier molecular flexibility index (Phi) is 5.66. The van der Waals surface area contributed by atoms with Gasteiger partial charge in [0, 0.05) is 18.9 Å². The van der Waals surface area contributed by atoms with E-state index >= 15 is 0 Å². The number of fused-ring (bicyclic) bond motifs is 1. The monoisotopic (exact) mass is 332 g/mol. The van der Waals surface area contributed by atoms with Crippen LogP contribution in [-0.4, -0.2) is 37.0 Å². The van der Waals surface area contributed by atoms with Crippen molar-refractivity contribution in [3.8, 4) is 0 Å². The van der Waals surface area contributed by atoms with Crippen LogP contribution in [0.2, 0.25) is 0 Å². The van der Waals surface area contributed by atoms with Crippen LogP contribution < -0.4 is 0 Å². The molecule has 0 N–H and O–H groups in total. The lowest BCUT2D eigenvalue weighted by Crippen LogP contribution is -2.54. The summed E-state index contributed by atoms with van der Waals surface area (Å²) in [6.07, 6.45) is 4.20. The summed E-state index contributed by atoms with van der Waals surface area (Å²) in [5.41, 5.74) is 0.982. The number of allylic oxidation sites excluding steroid dienone is 1. The maximum Gasteiger partial charge on any atom is 0.302 e. The second-order valence-electron chi connectivity index (χ2n) is 6.15. The Hall–Kier alpha value is -1.69. The number of esters is 1. The molecular formula is C19H24O5. The molecule has 2 saturated heterocycles. The van der Waals surface area contributed by atoms with E-state index < -0.39 is 6.29 Å². The Morgan fingerprint density at radius 3 is 2.75 bits per heavy atom. The molecule has 2 aliphatic heterocycles. The standard InChI is InChI=1S/C19H24O5/c1-3-4-10-15-16(22-13(2)20)11-17-18(23-15)12-21-19(24-17)14-8-6-5-7-9-14/h3-9,15-19H,10-12H2,1-2H3/b4-3-/t15-,16+,17-,18+,19+/m0/s1. The average molecular weight is 332 g/mol. The predicted octanol–water partition coefficient (Wildman–Crippen LogP) is 3.16. The molecule has 3 rings (SSSR count). The van der Waals surface area contributed by atoms with Gasteiger partial charge in [-0.25, -0.2) is 0 Å². The van der Waals surface area contributed by atoms with Gasteiger partial charge in [0.05, 0.1) is 18.8 Å². The highest BCUT2D eigenvalue weighted by atomic mass is 16.7. The fourth-order valence-corrected chi connectivity index (χ4v) is 3.20. The van der Waals surface area contributed by atoms with Crippen molar-refractivity contribution in [3.05, 3.63) is 48.0 Å². The van der Waals surface area contributed by atoms with Gasteiger partial charge in [-0.05, 0) is 13.3 Å². The summed E-state index contributed by atoms with van der Waals surface area (Å²) in [5.74, 6) is -0.292. The van der Waals surface area contributed by atoms with E-state index in [0.29, 0.717) is 19.4 Å². The summed E-state index contributed by atoms with van der Waals surface area (Å²) in [7, 11) is 0. The zero-order valence-electron chi connectivity index (χ0n) is 14.1. The van der Waals surface area contributed by atoms with E-state index in [1.807, 2.05) is 49.4 Å². The minimum atomic E-state index is -0.402. The highest BCUT2D eigenvalue weighted by Crippen LogP contribution is 2.35. The molecule has 0 radical (unpaired) electrons. The molecule has 0 aliphatic carbocycles. The molecule has 2 aliphatic rings. The van der Waals surface area contributed by atoms with Crippen molar-refractivity contribution in [2.75, 3.05) is 6.61 Å². The minimum Gasteiger partial charge on any atom is -0.460 e. The van der Waals surface area contributed by atoms with Gasteiger partial charge in [0.2, 0.25) is 0 Å². The average Bonchev–Trinajstić information content (AvgIpc) is 2.59. The Labute approximate surface area is 142 Å². The molecule has 0 aromatic heterocycles. The Morgan fingerprint density at radius 1 is 1.25 bits per heavy atom. The van der Waals surface area contributed by atoms with E-state index in [9.17, 15) is 4.79 Å². The van der Waals surface area contributed by atoms with Crippen molar-refractivity contribution in [2.24, 2.45) is 0 Å². The molecule has 1 aromatic rings. The van der Waals surface area contributed by atoms with Gasteiger partial charge in [-0.3, -0.25) is 4.79 Å². The first kappa shape index (κ1) is 17.1. The number of hydrogen-bond acceptors (Lipinski definition) is 5. The number of benzene rings is 1. The van der Waals surface area contributed by atoms with E-state index in [-0.39, 0.29) is 30.4 Å². The van der Waals surface area contributed by atoms with Crippen LogP contribution in [0.4, 0.5) is 0 Å². The van der Waals surface area contributed by atoms with E-state index in [2.05, 4.69) is 0 Å². The SMILES string of the molecule is C/C=C\C[C@@H]1O[C@@H]2CO[C@@H](c3ccccc3)O[C@H]2C[C@H]1OC(C)=O. The van der Waals surface area contributed by atoms with Crippen molar-refractivity contribution < 1.29 is 23.7 Å². The molecule has 0 spiro atoms. The predicted molar refractivity (Wildman–Crippen MR) is 88.3 cm³/mol. The number of ether oxygens (including phenoxy) is 4. The van der Waals surface area contributed by atoms with Crippen LogP contribution in [0.15, 0.2) is 42.5 Å². The zero-order valence-corrected chi connectivity index (χ0v) is 14.1. The van der Waals surface area contributed by atoms with Crippen LogP contribution in [0.5, 0.6) is 0 Å². The van der Waals surface area contributed by atoms with Crippen LogP contribution in [-0.2, 0) is 23.7 Å². The van der Waals surface area contributed by atoms with Gasteiger partial charge in [-0.2, -0.15) is 0 Å². The first-order valence-electron chi connectivity index (χ1n) is 8.43. The van der Waals surface area contributed by atoms with Gasteiger partial charge in [0.25, 0.3) is 0 Å². The van der Waals surface area contributed by atoms with Crippen LogP contribution >= 0.6 is 0 Å². The van der Waals surface area contributed by atoms with Gasteiger partial charge in [-0.1, -0.05) is 42.5 Å². The molecule has 5 atom stereocenters. The van der Waals surface area contributed by atoms with Crippen molar-refractivity contribution in [1.29, 1.82) is 0 Å². The third-order valence-electron chi connectivity index (χ3n) is 4.35. The van der Waals surface area contributed by atoms with Crippen LogP contribution in [0, 0.1) is 0 Å². The number of carbonyl (C=O) groups excluding carboxylic acids is 1. The topological polar surface area (TPSA) is 54.0 Å². The molecule has 0 amide bonds. The molecule has 24 heavy (non-hydrogen) atoms. The highest BCUT2D eigenvalue weighted by molar-refractivity contribution is 5.66. The summed E-state index contributed by atoms with van der Waals surface area (Å²) in [4.78, 5) is 11.4. The van der Waals surface area contributed by atoms with Crippen molar-refractivity contribution >= 4 is 5.97 Å². The summed E-state index contributed by atoms with van der Waals surface area (Å²) in [6.45, 7) is 3.86. The quantitative estimate of drug-likeness (QED) is 0.626. The van der Waals surface area contributed by atoms with Crippen LogP contribution in [0.3, 0.4) is 0 Å². The minimum absolute atomic E-state index is 0.132. The maximum absolute atomic E-state index is 11.4. The summed E-state index contributed by atoms with van der Waals surface area (Å²) < 4.78 is 23.5. The van der Waals surface area contributed by atoms with E-state index in [4.69, 9.17) is 18.9 Å². The van der Waals surface area contributed by atoms with Crippen molar-refractivity contribution in [2.45, 2.75) is 57.4 Å². The van der Waals surface area contributed by atoms with Gasteiger partial charge in [0.1, 0.15) is 12.2 Å². The second-order valence-corrected chi connectivity index (χ2v) is 6.15. The second kappa shape index (κ2) is 7.92. The lowest BCUT2D eigenvalue weighted by atomic mass is 9.95. The largest absolute Gasteiger partial charge is 0.460 e. The van der Waals surface area contributed by atoms with Gasteiger partial charge in [-0.15, -0.1) is 0 Å². The zero-order chi connectivity index (χ0) is 16.9. The van der Waals surface area contributed by atoms with E-state index in [0.717, 1.165) is 5.56 Å². The van der Waals surface area contributed by atoms with Crippen molar-refractivity contribution in [3.63, 3.8) is 0 Å². The van der Waals surface area contributed by atoms with Crippen molar-refractivity contribution in [1.82, 2.24) is 0 Å². The fraction of sp³-hybridized carbons (Fsp3) is 0.526. The lowest BCUT2D eigenvalue weighted by molar-refractivity contribution is -0.302. The first-order chi connectivity index (χ1) is 11.7. The number of hydrogen-bond donors (Lipinski definition) is 0. The Balaban J connectivity index is 1.69. The van der Waals surface area contributed by atoms with Gasteiger partial charge < -0.3 is 18.9 Å². The molecule has 0 saturated carbocycles. The van der Waals surface area contributed by atoms with Gasteiger partial charge in [0.15, 0.2) is 6.29 Å². The number of rotatable bonds is 4. The molecule has 5 heteroatoms. The molecule has 1 aromatic carbocycles. The molecular weight excluding hydrogens is 308 g/mol. The Morgan fingerprint density at radius 2 is 2.04 bits per heavy atom. The van der Waals surface area contributed by atoms with Crippen LogP contribution in [0.25, 0.3) is 0 Å². The third-order valence-corrected chi connectivity index (χ3v) is 4.35. The third kappa shape index (κ3) is 4.04. The summed E-state index contributed by atoms with van der Waals surface area (Å²) in [5, 5.41) is 0. The first-order valence-corrected chi connectivity index (χ1v) is 8.43. The summed E-state index contributed by atoms with van der Waals surface area (Å²) in [6, 6.07) is 9.84. The molecule has 0 bridgehead atoms. The van der Waals surface area contributed by atoms with E-state index in [1.165, 1.54) is 6.92 Å². The maximum atomic E-state index is 11.4. The Bertz CT molecular complexity index is 570. The fourth-order valence-electron chi connectivity index (χ4n) is 3.20. The molecule has 130 valence electrons. The number of carbonyl (C=O) groups is 1. The lowest BCUT2D eigenvalue weighted by Gasteiger charge is -2.44. The van der Waals surface area contributed by atoms with Gasteiger partial charge >= 0.3 is 5.97 Å². The summed E-state index contributed by atoms with van der Waals surface area (Å²) >= 11 is 0. The molecule has 5 nitrogen and oxygen atoms in total. The highest BCUT2D eigenvalue weighted by Gasteiger charge is 2.43.